The number of amides is 1. The van der Waals surface area contributed by atoms with Crippen molar-refractivity contribution in [3.05, 3.63) is 58.0 Å². The van der Waals surface area contributed by atoms with Crippen molar-refractivity contribution < 1.29 is 40.3 Å². The first kappa shape index (κ1) is 28.8. The predicted molar refractivity (Wildman–Crippen MR) is 124 cm³/mol. The number of nitrogens with zero attached hydrogens (tertiary/aromatic N) is 5. The lowest BCUT2D eigenvalue weighted by atomic mass is 9.78. The highest BCUT2D eigenvalue weighted by molar-refractivity contribution is 6.22. The van der Waals surface area contributed by atoms with Gasteiger partial charge in [0.15, 0.2) is 5.54 Å². The summed E-state index contributed by atoms with van der Waals surface area (Å²) in [7, 11) is 0. The van der Waals surface area contributed by atoms with Crippen LogP contribution in [0.1, 0.15) is 50.4 Å². The molecule has 2 aromatic heterocycles. The van der Waals surface area contributed by atoms with Crippen LogP contribution in [-0.4, -0.2) is 54.9 Å². The molecule has 3 heterocycles. The summed E-state index contributed by atoms with van der Waals surface area (Å²) in [4.78, 5) is 25.5. The van der Waals surface area contributed by atoms with Crippen LogP contribution in [0.15, 0.2) is 35.3 Å². The molecule has 1 amide bonds. The third-order valence-electron chi connectivity index (χ3n) is 6.16. The summed E-state index contributed by atoms with van der Waals surface area (Å²) < 4.78 is 104. The molecule has 0 saturated heterocycles. The molecule has 0 aliphatic carbocycles. The minimum Gasteiger partial charge on any atom is -0.493 e. The Balaban J connectivity index is 1.79. The molecular formula is C23H22F7N7O3. The Morgan fingerprint density at radius 2 is 1.85 bits per heavy atom. The number of aromatic amines is 1. The van der Waals surface area contributed by atoms with E-state index in [1.54, 1.807) is 19.2 Å². The number of halogens is 7. The number of H-pyrrole nitrogens is 1. The third-order valence-corrected chi connectivity index (χ3v) is 6.16. The number of hydrogen-bond acceptors (Lipinski definition) is 6. The standard InChI is InChI=1S/C23H22F7N7O3/c1-12(2)36-8-6-17(33-36)14-11-21(23(28,29)30,31-19(38)18(14)37-20(39)32-34-35-37)15-5-4-13(10-16(15)24)40-9-3-7-22(25,26)27/h4-6,8,10,12H,3,7,9,11H2,1-2H3,(H,31,38)(H,32,35,39)/t21-/m0/s1. The van der Waals surface area contributed by atoms with Crippen LogP contribution in [0.5, 0.6) is 5.75 Å². The molecule has 3 aromatic rings. The monoisotopic (exact) mass is 577 g/mol. The molecule has 0 saturated carbocycles. The van der Waals surface area contributed by atoms with E-state index in [2.05, 4.69) is 15.5 Å². The fourth-order valence-corrected chi connectivity index (χ4v) is 4.23. The van der Waals surface area contributed by atoms with Crippen molar-refractivity contribution in [2.24, 2.45) is 0 Å². The third kappa shape index (κ3) is 5.58. The molecule has 0 fully saturated rings. The van der Waals surface area contributed by atoms with Crippen LogP contribution in [0.25, 0.3) is 11.3 Å². The Bertz CT molecular complexity index is 1490. The lowest BCUT2D eigenvalue weighted by molar-refractivity contribution is -0.202. The van der Waals surface area contributed by atoms with E-state index in [-0.39, 0.29) is 23.1 Å². The number of rotatable bonds is 8. The van der Waals surface area contributed by atoms with E-state index in [0.29, 0.717) is 10.7 Å². The molecule has 10 nitrogen and oxygen atoms in total. The van der Waals surface area contributed by atoms with Crippen LogP contribution in [0.3, 0.4) is 0 Å². The van der Waals surface area contributed by atoms with Crippen LogP contribution in [-0.2, 0) is 10.3 Å². The molecule has 0 bridgehead atoms. The van der Waals surface area contributed by atoms with E-state index in [1.807, 2.05) is 5.10 Å². The van der Waals surface area contributed by atoms with E-state index in [9.17, 15) is 35.9 Å². The zero-order chi connectivity index (χ0) is 29.5. The average Bonchev–Trinajstić information content (AvgIpc) is 3.50. The minimum atomic E-state index is -5.27. The van der Waals surface area contributed by atoms with Crippen LogP contribution in [0.4, 0.5) is 30.7 Å². The summed E-state index contributed by atoms with van der Waals surface area (Å²) in [5.41, 5.74) is -6.35. The molecule has 216 valence electrons. The largest absolute Gasteiger partial charge is 0.493 e. The number of carbonyl (C=O) groups excluding carboxylic acids is 1. The molecule has 1 atom stereocenters. The van der Waals surface area contributed by atoms with Gasteiger partial charge in [-0.05, 0) is 48.9 Å². The van der Waals surface area contributed by atoms with Crippen molar-refractivity contribution in [2.75, 3.05) is 6.61 Å². The number of hydrogen-bond donors (Lipinski definition) is 2. The van der Waals surface area contributed by atoms with Gasteiger partial charge in [0, 0.05) is 42.3 Å². The van der Waals surface area contributed by atoms with Crippen LogP contribution in [0.2, 0.25) is 0 Å². The summed E-state index contributed by atoms with van der Waals surface area (Å²) in [6, 6.07) is 3.42. The smallest absolute Gasteiger partial charge is 0.416 e. The molecule has 0 radical (unpaired) electrons. The minimum absolute atomic E-state index is 0.0906. The summed E-state index contributed by atoms with van der Waals surface area (Å²) in [5, 5.41) is 14.8. The normalized spacial score (nSPS) is 18.4. The first-order valence-electron chi connectivity index (χ1n) is 11.8. The topological polar surface area (TPSA) is 120 Å². The Kier molecular flexibility index (Phi) is 7.51. The second kappa shape index (κ2) is 10.4. The first-order valence-corrected chi connectivity index (χ1v) is 11.8. The maximum atomic E-state index is 15.3. The van der Waals surface area contributed by atoms with Crippen molar-refractivity contribution in [2.45, 2.75) is 57.0 Å². The summed E-state index contributed by atoms with van der Waals surface area (Å²) >= 11 is 0. The van der Waals surface area contributed by atoms with Gasteiger partial charge < -0.3 is 10.1 Å². The highest BCUT2D eigenvalue weighted by Crippen LogP contribution is 2.49. The first-order chi connectivity index (χ1) is 18.6. The number of carbonyl (C=O) groups is 1. The molecule has 1 aliphatic rings. The molecular weight excluding hydrogens is 555 g/mol. The lowest BCUT2D eigenvalue weighted by Crippen LogP contribution is -2.59. The van der Waals surface area contributed by atoms with Gasteiger partial charge in [0.1, 0.15) is 17.3 Å². The number of ether oxygens (including phenoxy) is 1. The molecule has 17 heteroatoms. The van der Waals surface area contributed by atoms with Gasteiger partial charge in [-0.25, -0.2) is 14.3 Å². The van der Waals surface area contributed by atoms with Crippen molar-refractivity contribution in [3.8, 4) is 5.75 Å². The van der Waals surface area contributed by atoms with Crippen LogP contribution >= 0.6 is 0 Å². The molecule has 0 unspecified atom stereocenters. The van der Waals surface area contributed by atoms with Gasteiger partial charge in [-0.3, -0.25) is 9.48 Å². The van der Waals surface area contributed by atoms with E-state index in [4.69, 9.17) is 4.74 Å². The maximum Gasteiger partial charge on any atom is 0.416 e. The Morgan fingerprint density at radius 1 is 1.12 bits per heavy atom. The van der Waals surface area contributed by atoms with Gasteiger partial charge in [0.05, 0.1) is 12.3 Å². The molecule has 40 heavy (non-hydrogen) atoms. The molecule has 2 N–H and O–H groups in total. The zero-order valence-corrected chi connectivity index (χ0v) is 20.9. The maximum absolute atomic E-state index is 15.3. The number of alkyl halides is 6. The quantitative estimate of drug-likeness (QED) is 0.309. The predicted octanol–water partition coefficient (Wildman–Crippen LogP) is 3.95. The van der Waals surface area contributed by atoms with Crippen molar-refractivity contribution >= 4 is 17.2 Å². The number of aromatic nitrogens is 6. The average molecular weight is 577 g/mol. The lowest BCUT2D eigenvalue weighted by Gasteiger charge is -2.41. The Labute approximate surface area is 220 Å². The Morgan fingerprint density at radius 3 is 2.40 bits per heavy atom. The van der Waals surface area contributed by atoms with Crippen molar-refractivity contribution in [3.63, 3.8) is 0 Å². The molecule has 0 spiro atoms. The second-order valence-electron chi connectivity index (χ2n) is 9.26. The van der Waals surface area contributed by atoms with Crippen LogP contribution in [0, 0.1) is 5.82 Å². The molecule has 1 aliphatic heterocycles. The van der Waals surface area contributed by atoms with Gasteiger partial charge in [-0.2, -0.15) is 36.1 Å². The zero-order valence-electron chi connectivity index (χ0n) is 20.9. The van der Waals surface area contributed by atoms with E-state index in [0.717, 1.165) is 12.1 Å². The SMILES string of the molecule is CC(C)n1ccc(C2=C(n3nn[nH]c3=O)C(=O)N[C@@](c3ccc(OCCCC(F)(F)F)cc3F)(C(F)(F)F)C2)n1. The summed E-state index contributed by atoms with van der Waals surface area (Å²) in [6.07, 6.45) is -10.9. The van der Waals surface area contributed by atoms with Gasteiger partial charge in [-0.1, -0.05) is 0 Å². The van der Waals surface area contributed by atoms with Crippen molar-refractivity contribution in [1.82, 2.24) is 35.3 Å². The van der Waals surface area contributed by atoms with E-state index < -0.39 is 72.4 Å². The summed E-state index contributed by atoms with van der Waals surface area (Å²) in [5.74, 6) is -3.13. The number of benzene rings is 1. The summed E-state index contributed by atoms with van der Waals surface area (Å²) in [6.45, 7) is 3.05. The highest BCUT2D eigenvalue weighted by Gasteiger charge is 2.61. The Hall–Kier alpha value is -4.18. The van der Waals surface area contributed by atoms with Gasteiger partial charge in [0.2, 0.25) is 0 Å². The highest BCUT2D eigenvalue weighted by atomic mass is 19.4. The van der Waals surface area contributed by atoms with Gasteiger partial charge >= 0.3 is 18.0 Å². The molecule has 4 rings (SSSR count). The number of tetrazole rings is 1. The molecule has 1 aromatic carbocycles. The van der Waals surface area contributed by atoms with E-state index in [1.165, 1.54) is 16.9 Å². The van der Waals surface area contributed by atoms with Gasteiger partial charge in [-0.15, -0.1) is 0 Å². The van der Waals surface area contributed by atoms with Gasteiger partial charge in [0.25, 0.3) is 5.91 Å². The second-order valence-corrected chi connectivity index (χ2v) is 9.26. The van der Waals surface area contributed by atoms with E-state index >= 15 is 4.39 Å². The fraction of sp³-hybridized carbons (Fsp3) is 0.435. The van der Waals surface area contributed by atoms with Crippen molar-refractivity contribution in [1.29, 1.82) is 0 Å². The number of nitrogens with one attached hydrogen (secondary N) is 2. The fourth-order valence-electron chi connectivity index (χ4n) is 4.23. The van der Waals surface area contributed by atoms with Crippen LogP contribution < -0.4 is 15.7 Å².